The molecule has 0 aliphatic carbocycles. The summed E-state index contributed by atoms with van der Waals surface area (Å²) in [7, 11) is 0. The number of rotatable bonds is 12. The Bertz CT molecular complexity index is 1140. The predicted molar refractivity (Wildman–Crippen MR) is 132 cm³/mol. The monoisotopic (exact) mass is 551 g/mol. The van der Waals surface area contributed by atoms with Gasteiger partial charge in [0.15, 0.2) is 0 Å². The standard InChI is InChI=1S/C26H28F3N3O7/c1-2-38-25(37)30-14-6-9-21(33)31-16-22(34)32-20(15-23(35)39-24(36)26(27,28)29)19-12-10-18(11-13-19)17-7-4-3-5-8-17/h3-5,7-8,10-13,20H,2,6,9,14-16H2,1H3,(H,30,37)(H,31,33)(H,32,34). The molecular formula is C26H28F3N3O7. The third-order valence-corrected chi connectivity index (χ3v) is 5.14. The first kappa shape index (κ1) is 30.8. The van der Waals surface area contributed by atoms with E-state index >= 15 is 0 Å². The number of carbonyl (C=O) groups is 5. The molecule has 0 radical (unpaired) electrons. The van der Waals surface area contributed by atoms with Gasteiger partial charge in [0.05, 0.1) is 25.6 Å². The molecule has 0 spiro atoms. The zero-order valence-electron chi connectivity index (χ0n) is 21.0. The molecule has 0 aliphatic rings. The van der Waals surface area contributed by atoms with Crippen molar-refractivity contribution in [3.05, 3.63) is 60.2 Å². The topological polar surface area (TPSA) is 140 Å². The fraction of sp³-hybridized carbons (Fsp3) is 0.346. The molecule has 0 saturated heterocycles. The zero-order chi connectivity index (χ0) is 28.8. The van der Waals surface area contributed by atoms with E-state index in [9.17, 15) is 37.1 Å². The second-order valence-electron chi connectivity index (χ2n) is 8.10. The number of ether oxygens (including phenoxy) is 2. The highest BCUT2D eigenvalue weighted by molar-refractivity contribution is 5.89. The third kappa shape index (κ3) is 11.2. The molecular weight excluding hydrogens is 523 g/mol. The molecule has 0 aromatic heterocycles. The number of benzene rings is 2. The van der Waals surface area contributed by atoms with Crippen molar-refractivity contribution >= 4 is 29.8 Å². The second kappa shape index (κ2) is 15.1. The number of amides is 3. The quantitative estimate of drug-likeness (QED) is 0.209. The molecule has 3 amide bonds. The fourth-order valence-electron chi connectivity index (χ4n) is 3.29. The molecule has 2 aromatic rings. The highest BCUT2D eigenvalue weighted by atomic mass is 19.4. The average Bonchev–Trinajstić information content (AvgIpc) is 2.90. The molecule has 0 saturated carbocycles. The van der Waals surface area contributed by atoms with Crippen molar-refractivity contribution in [3.63, 3.8) is 0 Å². The van der Waals surface area contributed by atoms with E-state index < -0.39 is 55.0 Å². The van der Waals surface area contributed by atoms with Gasteiger partial charge in [0.2, 0.25) is 11.8 Å². The fourth-order valence-corrected chi connectivity index (χ4v) is 3.29. The lowest BCUT2D eigenvalue weighted by Gasteiger charge is -2.19. The highest BCUT2D eigenvalue weighted by Gasteiger charge is 2.42. The van der Waals surface area contributed by atoms with E-state index in [2.05, 4.69) is 25.4 Å². The summed E-state index contributed by atoms with van der Waals surface area (Å²) in [6.45, 7) is 1.54. The SMILES string of the molecule is CCOC(=O)NCCCC(=O)NCC(=O)NC(CC(=O)OC(=O)C(F)(F)F)c1ccc(-c2ccccc2)cc1. The van der Waals surface area contributed by atoms with Gasteiger partial charge in [-0.25, -0.2) is 9.59 Å². The first-order chi connectivity index (χ1) is 18.5. The summed E-state index contributed by atoms with van der Waals surface area (Å²) < 4.78 is 46.0. The molecule has 1 atom stereocenters. The second-order valence-corrected chi connectivity index (χ2v) is 8.10. The molecule has 2 rings (SSSR count). The van der Waals surface area contributed by atoms with Crippen LogP contribution in [-0.4, -0.2) is 55.7 Å². The lowest BCUT2D eigenvalue weighted by Crippen LogP contribution is -2.40. The Morgan fingerprint density at radius 3 is 2.13 bits per heavy atom. The normalized spacial score (nSPS) is 11.6. The van der Waals surface area contributed by atoms with E-state index in [4.69, 9.17) is 0 Å². The summed E-state index contributed by atoms with van der Waals surface area (Å²) in [4.78, 5) is 58.8. The summed E-state index contributed by atoms with van der Waals surface area (Å²) in [5.74, 6) is -5.38. The van der Waals surface area contributed by atoms with Crippen LogP contribution in [0.4, 0.5) is 18.0 Å². The maximum atomic E-state index is 12.5. The Labute approximate surface area is 222 Å². The molecule has 10 nitrogen and oxygen atoms in total. The first-order valence-electron chi connectivity index (χ1n) is 11.9. The Morgan fingerprint density at radius 1 is 0.872 bits per heavy atom. The van der Waals surface area contributed by atoms with Crippen LogP contribution in [0.3, 0.4) is 0 Å². The van der Waals surface area contributed by atoms with Crippen LogP contribution >= 0.6 is 0 Å². The molecule has 13 heteroatoms. The van der Waals surface area contributed by atoms with Gasteiger partial charge >= 0.3 is 24.2 Å². The Balaban J connectivity index is 2.00. The van der Waals surface area contributed by atoms with E-state index in [0.29, 0.717) is 5.56 Å². The Kier molecular flexibility index (Phi) is 11.9. The van der Waals surface area contributed by atoms with E-state index in [1.54, 1.807) is 31.2 Å². The van der Waals surface area contributed by atoms with E-state index in [1.165, 1.54) is 0 Å². The van der Waals surface area contributed by atoms with Gasteiger partial charge < -0.3 is 25.4 Å². The van der Waals surface area contributed by atoms with Gasteiger partial charge in [-0.1, -0.05) is 54.6 Å². The molecule has 3 N–H and O–H groups in total. The van der Waals surface area contributed by atoms with Crippen molar-refractivity contribution in [1.82, 2.24) is 16.0 Å². The van der Waals surface area contributed by atoms with E-state index in [0.717, 1.165) is 11.1 Å². The number of alkyl halides is 3. The first-order valence-corrected chi connectivity index (χ1v) is 11.9. The zero-order valence-corrected chi connectivity index (χ0v) is 21.0. The summed E-state index contributed by atoms with van der Waals surface area (Å²) in [6, 6.07) is 14.6. The van der Waals surface area contributed by atoms with Crippen molar-refractivity contribution in [2.75, 3.05) is 19.7 Å². The number of alkyl carbamates (subject to hydrolysis) is 1. The number of halogens is 3. The van der Waals surface area contributed by atoms with Crippen molar-refractivity contribution in [3.8, 4) is 11.1 Å². The van der Waals surface area contributed by atoms with Gasteiger partial charge in [0.1, 0.15) is 0 Å². The van der Waals surface area contributed by atoms with Crippen LogP contribution in [0.15, 0.2) is 54.6 Å². The molecule has 0 fully saturated rings. The lowest BCUT2D eigenvalue weighted by molar-refractivity contribution is -0.202. The van der Waals surface area contributed by atoms with Gasteiger partial charge in [-0.05, 0) is 30.0 Å². The van der Waals surface area contributed by atoms with Crippen LogP contribution in [-0.2, 0) is 28.7 Å². The number of hydrogen-bond donors (Lipinski definition) is 3. The number of carbonyl (C=O) groups excluding carboxylic acids is 5. The van der Waals surface area contributed by atoms with E-state index in [1.807, 2.05) is 30.3 Å². The van der Waals surface area contributed by atoms with Gasteiger partial charge in [-0.3, -0.25) is 14.4 Å². The summed E-state index contributed by atoms with van der Waals surface area (Å²) in [5, 5.41) is 7.29. The summed E-state index contributed by atoms with van der Waals surface area (Å²) >= 11 is 0. The van der Waals surface area contributed by atoms with Gasteiger partial charge in [0.25, 0.3) is 0 Å². The lowest BCUT2D eigenvalue weighted by atomic mass is 9.99. The van der Waals surface area contributed by atoms with Crippen LogP contribution in [0.1, 0.15) is 37.8 Å². The molecule has 0 bridgehead atoms. The molecule has 210 valence electrons. The minimum atomic E-state index is -5.36. The maximum absolute atomic E-state index is 12.5. The minimum Gasteiger partial charge on any atom is -0.450 e. The van der Waals surface area contributed by atoms with Crippen molar-refractivity contribution < 1.29 is 46.6 Å². The smallest absolute Gasteiger partial charge is 0.450 e. The van der Waals surface area contributed by atoms with Gasteiger partial charge in [-0.2, -0.15) is 13.2 Å². The van der Waals surface area contributed by atoms with Crippen LogP contribution in [0.2, 0.25) is 0 Å². The summed E-state index contributed by atoms with van der Waals surface area (Å²) in [5.41, 5.74) is 2.06. The van der Waals surface area contributed by atoms with Crippen LogP contribution in [0.25, 0.3) is 11.1 Å². The van der Waals surface area contributed by atoms with Crippen molar-refractivity contribution in [2.24, 2.45) is 0 Å². The predicted octanol–water partition coefficient (Wildman–Crippen LogP) is 3.18. The highest BCUT2D eigenvalue weighted by Crippen LogP contribution is 2.24. The molecule has 0 aliphatic heterocycles. The largest absolute Gasteiger partial charge is 0.491 e. The number of hydrogen-bond acceptors (Lipinski definition) is 7. The molecule has 39 heavy (non-hydrogen) atoms. The third-order valence-electron chi connectivity index (χ3n) is 5.14. The van der Waals surface area contributed by atoms with Crippen LogP contribution in [0.5, 0.6) is 0 Å². The van der Waals surface area contributed by atoms with Crippen molar-refractivity contribution in [2.45, 2.75) is 38.4 Å². The van der Waals surface area contributed by atoms with Crippen LogP contribution < -0.4 is 16.0 Å². The van der Waals surface area contributed by atoms with Gasteiger partial charge in [0, 0.05) is 13.0 Å². The summed E-state index contributed by atoms with van der Waals surface area (Å²) in [6.07, 6.45) is -6.47. The minimum absolute atomic E-state index is 0.00403. The molecule has 2 aromatic carbocycles. The number of nitrogens with one attached hydrogen (secondary N) is 3. The number of esters is 2. The Morgan fingerprint density at radius 2 is 1.51 bits per heavy atom. The van der Waals surface area contributed by atoms with E-state index in [-0.39, 0.29) is 26.0 Å². The molecule has 0 heterocycles. The molecule has 1 unspecified atom stereocenters. The van der Waals surface area contributed by atoms with Gasteiger partial charge in [-0.15, -0.1) is 0 Å². The average molecular weight is 552 g/mol. The van der Waals surface area contributed by atoms with Crippen molar-refractivity contribution in [1.29, 1.82) is 0 Å². The van der Waals surface area contributed by atoms with Crippen LogP contribution in [0, 0.1) is 0 Å². The maximum Gasteiger partial charge on any atom is 0.491 e. The Hall–Kier alpha value is -4.42.